The van der Waals surface area contributed by atoms with Crippen LogP contribution >= 0.6 is 0 Å². The van der Waals surface area contributed by atoms with Crippen LogP contribution in [-0.4, -0.2) is 30.6 Å². The highest BCUT2D eigenvalue weighted by Crippen LogP contribution is 2.19. The van der Waals surface area contributed by atoms with Gasteiger partial charge in [-0.05, 0) is 24.6 Å². The zero-order valence-corrected chi connectivity index (χ0v) is 13.2. The summed E-state index contributed by atoms with van der Waals surface area (Å²) in [5, 5.41) is 19.5. The summed E-state index contributed by atoms with van der Waals surface area (Å²) in [4.78, 5) is 11.3. The lowest BCUT2D eigenvalue weighted by atomic mass is 10.0. The number of sulfonamides is 1. The molecule has 0 aliphatic rings. The van der Waals surface area contributed by atoms with Gasteiger partial charge in [-0.15, -0.1) is 0 Å². The summed E-state index contributed by atoms with van der Waals surface area (Å²) in [6.07, 6.45) is -1.51. The lowest BCUT2D eigenvalue weighted by molar-refractivity contribution is -0.141. The second-order valence-electron chi connectivity index (χ2n) is 5.11. The van der Waals surface area contributed by atoms with Crippen LogP contribution in [-0.2, 0) is 14.8 Å². The molecule has 0 heterocycles. The smallest absolute Gasteiger partial charge is 0.324 e. The molecule has 0 aromatic heterocycles. The average molecular weight is 335 g/mol. The fourth-order valence-electron chi connectivity index (χ4n) is 2.05. The standard InChI is InChI=1S/C16H17NO5S/c1-11-7-9-13(10-8-11)23(21,22)17-14(16(19)20)15(18)12-5-3-2-4-6-12/h2-10,14-15,17-18H,1H3,(H,19,20). The van der Waals surface area contributed by atoms with Crippen molar-refractivity contribution in [3.05, 3.63) is 65.7 Å². The van der Waals surface area contributed by atoms with E-state index in [1.165, 1.54) is 24.3 Å². The van der Waals surface area contributed by atoms with Crippen molar-refractivity contribution in [2.75, 3.05) is 0 Å². The van der Waals surface area contributed by atoms with E-state index in [-0.39, 0.29) is 4.90 Å². The molecule has 2 unspecified atom stereocenters. The molecule has 2 rings (SSSR count). The molecule has 0 amide bonds. The maximum atomic E-state index is 12.3. The number of aliphatic hydroxyl groups is 1. The third kappa shape index (κ3) is 4.16. The van der Waals surface area contributed by atoms with Gasteiger partial charge >= 0.3 is 5.97 Å². The molecular weight excluding hydrogens is 318 g/mol. The van der Waals surface area contributed by atoms with E-state index in [0.717, 1.165) is 5.56 Å². The minimum absolute atomic E-state index is 0.0605. The predicted octanol–water partition coefficient (Wildman–Crippen LogP) is 1.46. The molecule has 6 nitrogen and oxygen atoms in total. The second kappa shape index (κ2) is 6.91. The largest absolute Gasteiger partial charge is 0.480 e. The topological polar surface area (TPSA) is 104 Å². The van der Waals surface area contributed by atoms with Gasteiger partial charge in [0.25, 0.3) is 0 Å². The number of benzene rings is 2. The Hall–Kier alpha value is -2.22. The number of carboxylic acid groups (broad SMARTS) is 1. The van der Waals surface area contributed by atoms with Gasteiger partial charge in [-0.3, -0.25) is 4.79 Å². The van der Waals surface area contributed by atoms with Crippen molar-refractivity contribution in [1.29, 1.82) is 0 Å². The first-order valence-electron chi connectivity index (χ1n) is 6.86. The maximum Gasteiger partial charge on any atom is 0.324 e. The van der Waals surface area contributed by atoms with Crippen molar-refractivity contribution in [3.8, 4) is 0 Å². The summed E-state index contributed by atoms with van der Waals surface area (Å²) < 4.78 is 26.7. The van der Waals surface area contributed by atoms with Gasteiger partial charge in [-0.2, -0.15) is 4.72 Å². The van der Waals surface area contributed by atoms with Gasteiger partial charge < -0.3 is 10.2 Å². The average Bonchev–Trinajstić information content (AvgIpc) is 2.53. The molecule has 0 fully saturated rings. The molecule has 0 saturated carbocycles. The fourth-order valence-corrected chi connectivity index (χ4v) is 3.24. The molecule has 0 saturated heterocycles. The number of hydrogen-bond donors (Lipinski definition) is 3. The van der Waals surface area contributed by atoms with E-state index in [2.05, 4.69) is 0 Å². The zero-order valence-electron chi connectivity index (χ0n) is 12.4. The molecule has 0 radical (unpaired) electrons. The van der Waals surface area contributed by atoms with Crippen LogP contribution in [0.4, 0.5) is 0 Å². The van der Waals surface area contributed by atoms with E-state index >= 15 is 0 Å². The van der Waals surface area contributed by atoms with Gasteiger partial charge in [0.2, 0.25) is 10.0 Å². The van der Waals surface area contributed by atoms with E-state index in [1.807, 2.05) is 11.6 Å². The number of hydrogen-bond acceptors (Lipinski definition) is 4. The quantitative estimate of drug-likeness (QED) is 0.741. The van der Waals surface area contributed by atoms with Gasteiger partial charge in [0.1, 0.15) is 12.1 Å². The summed E-state index contributed by atoms with van der Waals surface area (Å²) in [5.41, 5.74) is 1.19. The zero-order chi connectivity index (χ0) is 17.0. The fraction of sp³-hybridized carbons (Fsp3) is 0.188. The monoisotopic (exact) mass is 335 g/mol. The minimum Gasteiger partial charge on any atom is -0.480 e. The van der Waals surface area contributed by atoms with Crippen molar-refractivity contribution < 1.29 is 23.4 Å². The Morgan fingerprint density at radius 2 is 1.61 bits per heavy atom. The van der Waals surface area contributed by atoms with E-state index in [1.54, 1.807) is 30.3 Å². The lowest BCUT2D eigenvalue weighted by Crippen LogP contribution is -2.44. The number of aliphatic carboxylic acids is 1. The Morgan fingerprint density at radius 3 is 2.13 bits per heavy atom. The first kappa shape index (κ1) is 17.1. The van der Waals surface area contributed by atoms with Crippen molar-refractivity contribution in [2.24, 2.45) is 0 Å². The molecule has 122 valence electrons. The molecule has 0 bridgehead atoms. The highest BCUT2D eigenvalue weighted by molar-refractivity contribution is 7.89. The van der Waals surface area contributed by atoms with Crippen molar-refractivity contribution in [3.63, 3.8) is 0 Å². The van der Waals surface area contributed by atoms with Crippen LogP contribution in [0.25, 0.3) is 0 Å². The van der Waals surface area contributed by atoms with Crippen LogP contribution in [0.5, 0.6) is 0 Å². The number of carboxylic acids is 1. The molecule has 2 atom stereocenters. The Bertz CT molecular complexity index is 772. The van der Waals surface area contributed by atoms with Crippen LogP contribution < -0.4 is 4.72 Å². The van der Waals surface area contributed by atoms with Crippen LogP contribution in [0, 0.1) is 6.92 Å². The summed E-state index contributed by atoms with van der Waals surface area (Å²) in [5.74, 6) is -1.46. The molecule has 2 aromatic rings. The normalized spacial score (nSPS) is 14.2. The summed E-state index contributed by atoms with van der Waals surface area (Å²) in [7, 11) is -4.07. The molecule has 0 aliphatic heterocycles. The molecule has 7 heteroatoms. The molecule has 0 aliphatic carbocycles. The number of nitrogens with one attached hydrogen (secondary N) is 1. The Morgan fingerprint density at radius 1 is 1.04 bits per heavy atom. The third-order valence-corrected chi connectivity index (χ3v) is 4.79. The summed E-state index contributed by atoms with van der Waals surface area (Å²) in [6.45, 7) is 1.81. The summed E-state index contributed by atoms with van der Waals surface area (Å²) in [6, 6.07) is 12.3. The van der Waals surface area contributed by atoms with Crippen LogP contribution in [0.15, 0.2) is 59.5 Å². The molecular formula is C16H17NO5S. The molecule has 3 N–H and O–H groups in total. The van der Waals surface area contributed by atoms with E-state index < -0.39 is 28.1 Å². The molecule has 2 aromatic carbocycles. The Kier molecular flexibility index (Phi) is 5.15. The van der Waals surface area contributed by atoms with Gasteiger partial charge in [-0.25, -0.2) is 8.42 Å². The van der Waals surface area contributed by atoms with Gasteiger partial charge in [-0.1, -0.05) is 48.0 Å². The number of carbonyl (C=O) groups is 1. The van der Waals surface area contributed by atoms with Crippen LogP contribution in [0.3, 0.4) is 0 Å². The van der Waals surface area contributed by atoms with Gasteiger partial charge in [0, 0.05) is 0 Å². The van der Waals surface area contributed by atoms with Crippen molar-refractivity contribution in [1.82, 2.24) is 4.72 Å². The lowest BCUT2D eigenvalue weighted by Gasteiger charge is -2.20. The van der Waals surface area contributed by atoms with Crippen LogP contribution in [0.1, 0.15) is 17.2 Å². The van der Waals surface area contributed by atoms with Gasteiger partial charge in [0.15, 0.2) is 0 Å². The Balaban J connectivity index is 2.29. The predicted molar refractivity (Wildman–Crippen MR) is 84.3 cm³/mol. The first-order valence-corrected chi connectivity index (χ1v) is 8.34. The van der Waals surface area contributed by atoms with Crippen molar-refractivity contribution in [2.45, 2.75) is 24.0 Å². The highest BCUT2D eigenvalue weighted by Gasteiger charge is 2.32. The molecule has 0 spiro atoms. The number of aryl methyl sites for hydroxylation is 1. The summed E-state index contributed by atoms with van der Waals surface area (Å²) >= 11 is 0. The maximum absolute atomic E-state index is 12.3. The first-order chi connectivity index (χ1) is 10.8. The van der Waals surface area contributed by atoms with E-state index in [0.29, 0.717) is 5.56 Å². The third-order valence-electron chi connectivity index (χ3n) is 3.34. The molecule has 23 heavy (non-hydrogen) atoms. The van der Waals surface area contributed by atoms with E-state index in [9.17, 15) is 23.4 Å². The van der Waals surface area contributed by atoms with Crippen molar-refractivity contribution >= 4 is 16.0 Å². The Labute approximate surface area is 134 Å². The number of aliphatic hydroxyl groups excluding tert-OH is 1. The van der Waals surface area contributed by atoms with Crippen LogP contribution in [0.2, 0.25) is 0 Å². The van der Waals surface area contributed by atoms with E-state index in [4.69, 9.17) is 0 Å². The number of rotatable bonds is 6. The SMILES string of the molecule is Cc1ccc(S(=O)(=O)NC(C(=O)O)C(O)c2ccccc2)cc1. The minimum atomic E-state index is -4.07. The second-order valence-corrected chi connectivity index (χ2v) is 6.82. The van der Waals surface area contributed by atoms with Gasteiger partial charge in [0.05, 0.1) is 4.90 Å². The highest BCUT2D eigenvalue weighted by atomic mass is 32.2.